The lowest BCUT2D eigenvalue weighted by Gasteiger charge is -2.27. The van der Waals surface area contributed by atoms with Crippen LogP contribution < -0.4 is 5.69 Å². The van der Waals surface area contributed by atoms with Crippen LogP contribution in [0, 0.1) is 16.7 Å². The summed E-state index contributed by atoms with van der Waals surface area (Å²) >= 11 is 0. The summed E-state index contributed by atoms with van der Waals surface area (Å²) < 4.78 is 27.1. The SMILES string of the molecule is C=CCn1c(=O)n(CC(C)(C)C)c2ccc(-c3c(C#N)cccc3CN3CCS(=O)(=O)CC3)nc21. The average molecular weight is 494 g/mol. The Hall–Kier alpha value is -3.22. The second kappa shape index (κ2) is 9.44. The summed E-state index contributed by atoms with van der Waals surface area (Å²) in [5, 5.41) is 9.86. The van der Waals surface area contributed by atoms with Gasteiger partial charge in [-0.05, 0) is 29.2 Å². The van der Waals surface area contributed by atoms with Gasteiger partial charge in [0.1, 0.15) is 0 Å². The highest BCUT2D eigenvalue weighted by Crippen LogP contribution is 2.30. The van der Waals surface area contributed by atoms with E-state index in [1.54, 1.807) is 21.3 Å². The van der Waals surface area contributed by atoms with Gasteiger partial charge in [-0.1, -0.05) is 39.0 Å². The fourth-order valence-electron chi connectivity index (χ4n) is 4.53. The van der Waals surface area contributed by atoms with Gasteiger partial charge in [0.15, 0.2) is 15.5 Å². The van der Waals surface area contributed by atoms with Crippen LogP contribution in [0.1, 0.15) is 31.9 Å². The van der Waals surface area contributed by atoms with Gasteiger partial charge in [0, 0.05) is 38.3 Å². The third kappa shape index (κ3) is 5.24. The van der Waals surface area contributed by atoms with Crippen LogP contribution >= 0.6 is 0 Å². The van der Waals surface area contributed by atoms with Crippen molar-refractivity contribution in [1.82, 2.24) is 19.0 Å². The topological polar surface area (TPSA) is 101 Å². The summed E-state index contributed by atoms with van der Waals surface area (Å²) in [6.45, 7) is 12.4. The van der Waals surface area contributed by atoms with Crippen molar-refractivity contribution < 1.29 is 8.42 Å². The standard InChI is InChI=1S/C26H31N5O3S/c1-5-11-30-24-22(31(25(30)32)18-26(2,3)4)10-9-21(28-24)23-19(16-27)7-6-8-20(23)17-29-12-14-35(33,34)15-13-29/h5-10H,1,11-15,17-18H2,2-4H3. The summed E-state index contributed by atoms with van der Waals surface area (Å²) in [5.41, 5.74) is 3.78. The van der Waals surface area contributed by atoms with Crippen LogP contribution in [-0.4, -0.2) is 52.0 Å². The molecule has 1 aliphatic rings. The van der Waals surface area contributed by atoms with Crippen LogP contribution in [0.3, 0.4) is 0 Å². The number of rotatable bonds is 6. The molecule has 35 heavy (non-hydrogen) atoms. The molecule has 184 valence electrons. The second-order valence-electron chi connectivity index (χ2n) is 10.2. The van der Waals surface area contributed by atoms with Crippen LogP contribution in [0.4, 0.5) is 0 Å². The molecule has 2 aromatic heterocycles. The molecule has 0 atom stereocenters. The molecule has 0 unspecified atom stereocenters. The summed E-state index contributed by atoms with van der Waals surface area (Å²) in [6, 6.07) is 11.6. The molecule has 1 saturated heterocycles. The predicted molar refractivity (Wildman–Crippen MR) is 138 cm³/mol. The number of hydrogen-bond acceptors (Lipinski definition) is 6. The number of allylic oxidation sites excluding steroid dienone is 1. The molecule has 3 aromatic rings. The zero-order chi connectivity index (χ0) is 25.4. The van der Waals surface area contributed by atoms with Gasteiger partial charge in [0.05, 0.1) is 34.3 Å². The monoisotopic (exact) mass is 493 g/mol. The molecule has 9 heteroatoms. The van der Waals surface area contributed by atoms with Crippen LogP contribution in [0.15, 0.2) is 47.8 Å². The van der Waals surface area contributed by atoms with Crippen molar-refractivity contribution in [3.8, 4) is 17.3 Å². The van der Waals surface area contributed by atoms with Gasteiger partial charge in [-0.25, -0.2) is 18.2 Å². The first-order valence-electron chi connectivity index (χ1n) is 11.7. The minimum Gasteiger partial charge on any atom is -0.297 e. The van der Waals surface area contributed by atoms with E-state index in [2.05, 4.69) is 38.3 Å². The lowest BCUT2D eigenvalue weighted by Crippen LogP contribution is -2.39. The molecule has 0 N–H and O–H groups in total. The van der Waals surface area contributed by atoms with E-state index in [9.17, 15) is 18.5 Å². The molecule has 0 spiro atoms. The Morgan fingerprint density at radius 2 is 1.86 bits per heavy atom. The van der Waals surface area contributed by atoms with Crippen LogP contribution in [0.25, 0.3) is 22.4 Å². The summed E-state index contributed by atoms with van der Waals surface area (Å²) in [6.07, 6.45) is 1.68. The highest BCUT2D eigenvalue weighted by atomic mass is 32.2. The number of sulfone groups is 1. The van der Waals surface area contributed by atoms with Gasteiger partial charge < -0.3 is 0 Å². The molecule has 4 rings (SSSR count). The number of benzene rings is 1. The van der Waals surface area contributed by atoms with E-state index in [-0.39, 0.29) is 22.6 Å². The summed E-state index contributed by atoms with van der Waals surface area (Å²) in [7, 11) is -2.98. The van der Waals surface area contributed by atoms with Crippen LogP contribution in [0.2, 0.25) is 0 Å². The molecule has 0 bridgehead atoms. The summed E-state index contributed by atoms with van der Waals surface area (Å²) in [4.78, 5) is 20.2. The number of fused-ring (bicyclic) bond motifs is 1. The fraction of sp³-hybridized carbons (Fsp3) is 0.423. The van der Waals surface area contributed by atoms with Crippen molar-refractivity contribution in [1.29, 1.82) is 5.26 Å². The van der Waals surface area contributed by atoms with Gasteiger partial charge in [-0.2, -0.15) is 5.26 Å². The number of nitriles is 1. The minimum absolute atomic E-state index is 0.0989. The molecule has 0 radical (unpaired) electrons. The maximum atomic E-state index is 13.2. The van der Waals surface area contributed by atoms with Gasteiger partial charge in [0.2, 0.25) is 0 Å². The Bertz CT molecular complexity index is 1470. The quantitative estimate of drug-likeness (QED) is 0.489. The smallest absolute Gasteiger partial charge is 0.297 e. The zero-order valence-electron chi connectivity index (χ0n) is 20.5. The highest BCUT2D eigenvalue weighted by molar-refractivity contribution is 7.91. The molecular weight excluding hydrogens is 462 g/mol. The highest BCUT2D eigenvalue weighted by Gasteiger charge is 2.24. The third-order valence-electron chi connectivity index (χ3n) is 6.17. The minimum atomic E-state index is -2.98. The Kier molecular flexibility index (Phi) is 6.71. The molecule has 8 nitrogen and oxygen atoms in total. The first-order valence-corrected chi connectivity index (χ1v) is 13.5. The van der Waals surface area contributed by atoms with E-state index in [1.807, 2.05) is 24.3 Å². The molecule has 0 aliphatic carbocycles. The molecule has 0 amide bonds. The van der Waals surface area contributed by atoms with Gasteiger partial charge in [-0.15, -0.1) is 6.58 Å². The average Bonchev–Trinajstić information content (AvgIpc) is 3.04. The lowest BCUT2D eigenvalue weighted by molar-refractivity contribution is 0.288. The van der Waals surface area contributed by atoms with E-state index < -0.39 is 9.84 Å². The molecule has 1 aliphatic heterocycles. The molecular formula is C26H31N5O3S. The number of pyridine rings is 1. The second-order valence-corrected chi connectivity index (χ2v) is 12.6. The Labute approximate surface area is 206 Å². The van der Waals surface area contributed by atoms with E-state index in [0.717, 1.165) is 11.1 Å². The van der Waals surface area contributed by atoms with Gasteiger partial charge in [-0.3, -0.25) is 14.0 Å². The Morgan fingerprint density at radius 1 is 1.14 bits per heavy atom. The largest absolute Gasteiger partial charge is 0.330 e. The van der Waals surface area contributed by atoms with Crippen molar-refractivity contribution >= 4 is 21.0 Å². The molecule has 1 fully saturated rings. The van der Waals surface area contributed by atoms with Gasteiger partial charge in [0.25, 0.3) is 0 Å². The first-order chi connectivity index (χ1) is 16.5. The number of aromatic nitrogens is 3. The molecule has 3 heterocycles. The maximum absolute atomic E-state index is 13.2. The summed E-state index contributed by atoms with van der Waals surface area (Å²) in [5.74, 6) is 0.277. The third-order valence-corrected chi connectivity index (χ3v) is 7.77. The van der Waals surface area contributed by atoms with Crippen molar-refractivity contribution in [3.05, 3.63) is 64.6 Å². The van der Waals surface area contributed by atoms with Crippen molar-refractivity contribution in [3.63, 3.8) is 0 Å². The first kappa shape index (κ1) is 24.9. The normalized spacial score (nSPS) is 16.3. The number of imidazole rings is 1. The Morgan fingerprint density at radius 3 is 2.49 bits per heavy atom. The number of hydrogen-bond donors (Lipinski definition) is 0. The van der Waals surface area contributed by atoms with E-state index >= 15 is 0 Å². The van der Waals surface area contributed by atoms with E-state index in [4.69, 9.17) is 4.98 Å². The maximum Gasteiger partial charge on any atom is 0.330 e. The van der Waals surface area contributed by atoms with E-state index in [0.29, 0.717) is 55.2 Å². The number of nitrogens with zero attached hydrogens (tertiary/aromatic N) is 5. The molecule has 1 aromatic carbocycles. The van der Waals surface area contributed by atoms with Crippen molar-refractivity contribution in [2.75, 3.05) is 24.6 Å². The van der Waals surface area contributed by atoms with Gasteiger partial charge >= 0.3 is 5.69 Å². The van der Waals surface area contributed by atoms with E-state index in [1.165, 1.54) is 0 Å². The van der Waals surface area contributed by atoms with Crippen molar-refractivity contribution in [2.24, 2.45) is 5.41 Å². The Balaban J connectivity index is 1.83. The lowest BCUT2D eigenvalue weighted by atomic mass is 9.96. The zero-order valence-corrected chi connectivity index (χ0v) is 21.3. The van der Waals surface area contributed by atoms with Crippen LogP contribution in [0.5, 0.6) is 0 Å². The van der Waals surface area contributed by atoms with Crippen molar-refractivity contribution in [2.45, 2.75) is 40.4 Å². The molecule has 0 saturated carbocycles. The predicted octanol–water partition coefficient (Wildman–Crippen LogP) is 3.20. The van der Waals surface area contributed by atoms with Crippen LogP contribution in [-0.2, 0) is 29.5 Å². The fourth-order valence-corrected chi connectivity index (χ4v) is 5.80.